The van der Waals surface area contributed by atoms with Crippen molar-refractivity contribution in [3.8, 4) is 0 Å². The summed E-state index contributed by atoms with van der Waals surface area (Å²) in [5.74, 6) is -0.0246. The van der Waals surface area contributed by atoms with Gasteiger partial charge in [-0.15, -0.1) is 11.6 Å². The zero-order valence-corrected chi connectivity index (χ0v) is 9.88. The average Bonchev–Trinajstić information content (AvgIpc) is 2.18. The van der Waals surface area contributed by atoms with Gasteiger partial charge in [0.15, 0.2) is 0 Å². The second-order valence-corrected chi connectivity index (χ2v) is 4.56. The van der Waals surface area contributed by atoms with E-state index in [4.69, 9.17) is 11.6 Å². The van der Waals surface area contributed by atoms with E-state index in [0.29, 0.717) is 0 Å². The molecule has 0 aliphatic carbocycles. The third kappa shape index (κ3) is 3.70. The lowest BCUT2D eigenvalue weighted by Gasteiger charge is -2.31. The van der Waals surface area contributed by atoms with Crippen LogP contribution in [0.1, 0.15) is 26.7 Å². The van der Waals surface area contributed by atoms with Gasteiger partial charge in [-0.3, -0.25) is 9.59 Å². The number of hydrogen-bond donors (Lipinski definition) is 1. The summed E-state index contributed by atoms with van der Waals surface area (Å²) >= 11 is 5.65. The van der Waals surface area contributed by atoms with Gasteiger partial charge in [0.1, 0.15) is 5.38 Å². The first-order valence-corrected chi connectivity index (χ1v) is 5.64. The molecule has 5 heteroatoms. The van der Waals surface area contributed by atoms with Crippen molar-refractivity contribution in [1.82, 2.24) is 10.2 Å². The fourth-order valence-corrected chi connectivity index (χ4v) is 1.72. The highest BCUT2D eigenvalue weighted by Gasteiger charge is 2.22. The number of halogens is 1. The SMILES string of the molecule is CC(=O)N1CCC(NC(=O)C(C)Cl)CC1. The molecular formula is C10H17ClN2O2. The second-order valence-electron chi connectivity index (χ2n) is 3.90. The van der Waals surface area contributed by atoms with Gasteiger partial charge in [0, 0.05) is 26.1 Å². The number of carbonyl (C=O) groups excluding carboxylic acids is 2. The fourth-order valence-electron chi connectivity index (χ4n) is 1.65. The number of hydrogen-bond acceptors (Lipinski definition) is 2. The molecule has 1 rings (SSSR count). The molecule has 0 aromatic carbocycles. The van der Waals surface area contributed by atoms with Gasteiger partial charge < -0.3 is 10.2 Å². The molecule has 1 aliphatic heterocycles. The standard InChI is InChI=1S/C10H17ClN2O2/c1-7(11)10(15)12-9-3-5-13(6-4-9)8(2)14/h7,9H,3-6H2,1-2H3,(H,12,15). The summed E-state index contributed by atoms with van der Waals surface area (Å²) in [5, 5.41) is 2.38. The molecule has 1 atom stereocenters. The monoisotopic (exact) mass is 232 g/mol. The van der Waals surface area contributed by atoms with Crippen LogP contribution in [0.25, 0.3) is 0 Å². The van der Waals surface area contributed by atoms with E-state index in [-0.39, 0.29) is 17.9 Å². The molecular weight excluding hydrogens is 216 g/mol. The molecule has 0 bridgehead atoms. The Bertz CT molecular complexity index is 248. The van der Waals surface area contributed by atoms with Crippen molar-refractivity contribution in [2.24, 2.45) is 0 Å². The minimum absolute atomic E-state index is 0.102. The van der Waals surface area contributed by atoms with Gasteiger partial charge in [0.2, 0.25) is 11.8 Å². The first kappa shape index (κ1) is 12.3. The van der Waals surface area contributed by atoms with E-state index in [1.54, 1.807) is 18.7 Å². The van der Waals surface area contributed by atoms with E-state index < -0.39 is 5.38 Å². The van der Waals surface area contributed by atoms with Gasteiger partial charge >= 0.3 is 0 Å². The van der Waals surface area contributed by atoms with Crippen LogP contribution in [-0.4, -0.2) is 41.2 Å². The molecule has 86 valence electrons. The Balaban J connectivity index is 2.32. The van der Waals surface area contributed by atoms with Crippen LogP contribution in [0.2, 0.25) is 0 Å². The Hall–Kier alpha value is -0.770. The molecule has 1 unspecified atom stereocenters. The quantitative estimate of drug-likeness (QED) is 0.714. The number of nitrogens with one attached hydrogen (secondary N) is 1. The maximum absolute atomic E-state index is 11.3. The highest BCUT2D eigenvalue weighted by atomic mass is 35.5. The number of alkyl halides is 1. The third-order valence-corrected chi connectivity index (χ3v) is 2.85. The smallest absolute Gasteiger partial charge is 0.237 e. The van der Waals surface area contributed by atoms with E-state index in [1.807, 2.05) is 0 Å². The molecule has 0 saturated carbocycles. The number of nitrogens with zero attached hydrogens (tertiary/aromatic N) is 1. The Morgan fingerprint density at radius 3 is 2.33 bits per heavy atom. The topological polar surface area (TPSA) is 49.4 Å². The summed E-state index contributed by atoms with van der Waals surface area (Å²) in [7, 11) is 0. The molecule has 1 heterocycles. The molecule has 0 radical (unpaired) electrons. The van der Waals surface area contributed by atoms with Crippen molar-refractivity contribution in [3.05, 3.63) is 0 Å². The van der Waals surface area contributed by atoms with Crippen LogP contribution in [0.3, 0.4) is 0 Å². The van der Waals surface area contributed by atoms with Crippen molar-refractivity contribution in [3.63, 3.8) is 0 Å². The number of carbonyl (C=O) groups is 2. The lowest BCUT2D eigenvalue weighted by molar-refractivity contribution is -0.130. The minimum atomic E-state index is -0.490. The van der Waals surface area contributed by atoms with Crippen LogP contribution >= 0.6 is 11.6 Å². The number of amides is 2. The lowest BCUT2D eigenvalue weighted by atomic mass is 10.0. The zero-order valence-electron chi connectivity index (χ0n) is 9.12. The molecule has 0 aromatic heterocycles. The summed E-state index contributed by atoms with van der Waals surface area (Å²) in [6.45, 7) is 4.66. The van der Waals surface area contributed by atoms with Crippen molar-refractivity contribution in [2.45, 2.75) is 38.1 Å². The number of rotatable bonds is 2. The van der Waals surface area contributed by atoms with Crippen molar-refractivity contribution in [2.75, 3.05) is 13.1 Å². The maximum Gasteiger partial charge on any atom is 0.237 e. The summed E-state index contributed by atoms with van der Waals surface area (Å²) in [6, 6.07) is 0.161. The molecule has 15 heavy (non-hydrogen) atoms. The molecule has 0 aromatic rings. The van der Waals surface area contributed by atoms with Gasteiger partial charge in [-0.1, -0.05) is 0 Å². The van der Waals surface area contributed by atoms with Crippen molar-refractivity contribution >= 4 is 23.4 Å². The summed E-state index contributed by atoms with van der Waals surface area (Å²) in [4.78, 5) is 24.2. The molecule has 0 spiro atoms. The average molecular weight is 233 g/mol. The molecule has 4 nitrogen and oxygen atoms in total. The minimum Gasteiger partial charge on any atom is -0.352 e. The molecule has 2 amide bonds. The second kappa shape index (κ2) is 5.35. The maximum atomic E-state index is 11.3. The summed E-state index contributed by atoms with van der Waals surface area (Å²) in [6.07, 6.45) is 1.63. The highest BCUT2D eigenvalue weighted by Crippen LogP contribution is 2.10. The Kier molecular flexibility index (Phi) is 4.39. The van der Waals surface area contributed by atoms with E-state index in [9.17, 15) is 9.59 Å². The largest absolute Gasteiger partial charge is 0.352 e. The van der Waals surface area contributed by atoms with E-state index in [1.165, 1.54) is 0 Å². The van der Waals surface area contributed by atoms with Crippen LogP contribution in [0.4, 0.5) is 0 Å². The molecule has 1 N–H and O–H groups in total. The number of likely N-dealkylation sites (tertiary alicyclic amines) is 1. The Labute approximate surface area is 95.0 Å². The predicted molar refractivity (Wildman–Crippen MR) is 58.7 cm³/mol. The van der Waals surface area contributed by atoms with Gasteiger partial charge in [0.05, 0.1) is 0 Å². The van der Waals surface area contributed by atoms with Gasteiger partial charge in [-0.25, -0.2) is 0 Å². The molecule has 1 aliphatic rings. The van der Waals surface area contributed by atoms with Crippen molar-refractivity contribution in [1.29, 1.82) is 0 Å². The normalized spacial score (nSPS) is 19.8. The number of piperidine rings is 1. The molecule has 1 fully saturated rings. The fraction of sp³-hybridized carbons (Fsp3) is 0.800. The van der Waals surface area contributed by atoms with Crippen LogP contribution in [0.15, 0.2) is 0 Å². The van der Waals surface area contributed by atoms with E-state index in [2.05, 4.69) is 5.32 Å². The third-order valence-electron chi connectivity index (χ3n) is 2.65. The Morgan fingerprint density at radius 2 is 1.93 bits per heavy atom. The lowest BCUT2D eigenvalue weighted by Crippen LogP contribution is -2.47. The first-order chi connectivity index (χ1) is 7.00. The van der Waals surface area contributed by atoms with Gasteiger partial charge in [-0.05, 0) is 19.8 Å². The summed E-state index contributed by atoms with van der Waals surface area (Å²) in [5.41, 5.74) is 0. The molecule has 1 saturated heterocycles. The van der Waals surface area contributed by atoms with Crippen LogP contribution in [0, 0.1) is 0 Å². The van der Waals surface area contributed by atoms with Crippen molar-refractivity contribution < 1.29 is 9.59 Å². The summed E-state index contributed by atoms with van der Waals surface area (Å²) < 4.78 is 0. The van der Waals surface area contributed by atoms with Crippen LogP contribution in [0.5, 0.6) is 0 Å². The van der Waals surface area contributed by atoms with Gasteiger partial charge in [-0.2, -0.15) is 0 Å². The predicted octanol–water partition coefficient (Wildman–Crippen LogP) is 0.741. The Morgan fingerprint density at radius 1 is 1.40 bits per heavy atom. The van der Waals surface area contributed by atoms with Crippen LogP contribution in [-0.2, 0) is 9.59 Å². The first-order valence-electron chi connectivity index (χ1n) is 5.20. The van der Waals surface area contributed by atoms with E-state index in [0.717, 1.165) is 25.9 Å². The zero-order chi connectivity index (χ0) is 11.4. The highest BCUT2D eigenvalue weighted by molar-refractivity contribution is 6.30. The van der Waals surface area contributed by atoms with Gasteiger partial charge in [0.25, 0.3) is 0 Å². The van der Waals surface area contributed by atoms with E-state index >= 15 is 0 Å². The van der Waals surface area contributed by atoms with Crippen LogP contribution < -0.4 is 5.32 Å².